The Labute approximate surface area is 128 Å². The van der Waals surface area contributed by atoms with E-state index in [-0.39, 0.29) is 0 Å². The molecule has 0 aliphatic carbocycles. The summed E-state index contributed by atoms with van der Waals surface area (Å²) < 4.78 is 5.60. The van der Waals surface area contributed by atoms with Crippen LogP contribution in [0, 0.1) is 0 Å². The molecule has 0 saturated heterocycles. The molecule has 114 valence electrons. The molecule has 21 heavy (non-hydrogen) atoms. The molecule has 9 heteroatoms. The van der Waals surface area contributed by atoms with Crippen LogP contribution in [0.4, 0.5) is 10.5 Å². The standard InChI is InChI=1S/C12H14BrN3O5/c1-21-6-2-3-7(13)8(4-6)15-12(20)16-9(11(18)19)5-10(14)17/h2-4,9H,5H2,1H3,(H2,14,17)(H,18,19)(H2,15,16,20). The Balaban J connectivity index is 2.76. The Morgan fingerprint density at radius 3 is 2.62 bits per heavy atom. The highest BCUT2D eigenvalue weighted by atomic mass is 79.9. The van der Waals surface area contributed by atoms with Crippen LogP contribution < -0.4 is 21.1 Å². The molecule has 0 fully saturated rings. The first-order valence-electron chi connectivity index (χ1n) is 5.75. The van der Waals surface area contributed by atoms with E-state index in [0.717, 1.165) is 0 Å². The molecule has 0 radical (unpaired) electrons. The van der Waals surface area contributed by atoms with E-state index in [2.05, 4.69) is 26.6 Å². The third-order valence-corrected chi connectivity index (χ3v) is 3.12. The number of hydrogen-bond donors (Lipinski definition) is 4. The van der Waals surface area contributed by atoms with Crippen LogP contribution in [0.2, 0.25) is 0 Å². The van der Waals surface area contributed by atoms with E-state index in [4.69, 9.17) is 15.6 Å². The molecule has 0 saturated carbocycles. The minimum atomic E-state index is -1.40. The van der Waals surface area contributed by atoms with Crippen LogP contribution >= 0.6 is 15.9 Å². The third kappa shape index (κ3) is 5.30. The van der Waals surface area contributed by atoms with E-state index in [1.54, 1.807) is 18.2 Å². The number of nitrogens with two attached hydrogens (primary N) is 1. The van der Waals surface area contributed by atoms with Crippen LogP contribution in [0.25, 0.3) is 0 Å². The van der Waals surface area contributed by atoms with Gasteiger partial charge in [0, 0.05) is 10.5 Å². The lowest BCUT2D eigenvalue weighted by Gasteiger charge is -2.14. The van der Waals surface area contributed by atoms with Crippen molar-refractivity contribution in [3.63, 3.8) is 0 Å². The summed E-state index contributed by atoms with van der Waals surface area (Å²) in [4.78, 5) is 33.4. The predicted molar refractivity (Wildman–Crippen MR) is 78.1 cm³/mol. The maximum Gasteiger partial charge on any atom is 0.326 e. The summed E-state index contributed by atoms with van der Waals surface area (Å²) >= 11 is 3.24. The number of carbonyl (C=O) groups is 3. The van der Waals surface area contributed by atoms with Gasteiger partial charge in [-0.05, 0) is 28.1 Å². The summed E-state index contributed by atoms with van der Waals surface area (Å²) in [6, 6.07) is 2.71. The summed E-state index contributed by atoms with van der Waals surface area (Å²) in [5, 5.41) is 13.5. The predicted octanol–water partition coefficient (Wildman–Crippen LogP) is 0.908. The maximum atomic E-state index is 11.8. The van der Waals surface area contributed by atoms with Gasteiger partial charge in [0.05, 0.1) is 19.2 Å². The summed E-state index contributed by atoms with van der Waals surface area (Å²) in [5.41, 5.74) is 5.31. The van der Waals surface area contributed by atoms with Gasteiger partial charge in [-0.2, -0.15) is 0 Å². The van der Waals surface area contributed by atoms with Gasteiger partial charge in [0.1, 0.15) is 11.8 Å². The second kappa shape index (κ2) is 7.48. The number of aliphatic carboxylic acids is 1. The number of nitrogens with one attached hydrogen (secondary N) is 2. The topological polar surface area (TPSA) is 131 Å². The van der Waals surface area contributed by atoms with Gasteiger partial charge in [0.2, 0.25) is 5.91 Å². The molecule has 1 aromatic carbocycles. The van der Waals surface area contributed by atoms with Gasteiger partial charge in [0.15, 0.2) is 0 Å². The summed E-state index contributed by atoms with van der Waals surface area (Å²) in [7, 11) is 1.47. The molecule has 8 nitrogen and oxygen atoms in total. The second-order valence-electron chi connectivity index (χ2n) is 4.01. The van der Waals surface area contributed by atoms with Crippen molar-refractivity contribution in [3.8, 4) is 5.75 Å². The molecule has 0 aromatic heterocycles. The Kier molecular flexibility index (Phi) is 5.97. The second-order valence-corrected chi connectivity index (χ2v) is 4.86. The minimum Gasteiger partial charge on any atom is -0.497 e. The van der Waals surface area contributed by atoms with Gasteiger partial charge in [-0.25, -0.2) is 9.59 Å². The van der Waals surface area contributed by atoms with Crippen LogP contribution in [-0.4, -0.2) is 36.2 Å². The number of carboxylic acids is 1. The number of anilines is 1. The third-order valence-electron chi connectivity index (χ3n) is 2.43. The monoisotopic (exact) mass is 359 g/mol. The lowest BCUT2D eigenvalue weighted by molar-refractivity contribution is -0.140. The molecule has 0 aliphatic heterocycles. The van der Waals surface area contributed by atoms with Crippen molar-refractivity contribution in [3.05, 3.63) is 22.7 Å². The fraction of sp³-hybridized carbons (Fsp3) is 0.250. The number of carboxylic acid groups (broad SMARTS) is 1. The van der Waals surface area contributed by atoms with Crippen LogP contribution in [0.3, 0.4) is 0 Å². The number of urea groups is 1. The highest BCUT2D eigenvalue weighted by Gasteiger charge is 2.22. The van der Waals surface area contributed by atoms with Crippen molar-refractivity contribution in [1.82, 2.24) is 5.32 Å². The Bertz CT molecular complexity index is 564. The van der Waals surface area contributed by atoms with Crippen LogP contribution in [-0.2, 0) is 9.59 Å². The number of methoxy groups -OCH3 is 1. The normalized spacial score (nSPS) is 11.3. The first kappa shape index (κ1) is 16.8. The maximum absolute atomic E-state index is 11.8. The smallest absolute Gasteiger partial charge is 0.326 e. The Morgan fingerprint density at radius 1 is 1.43 bits per heavy atom. The highest BCUT2D eigenvalue weighted by molar-refractivity contribution is 9.10. The Hall–Kier alpha value is -2.29. The first-order valence-corrected chi connectivity index (χ1v) is 6.55. The number of rotatable bonds is 6. The number of hydrogen-bond acceptors (Lipinski definition) is 4. The highest BCUT2D eigenvalue weighted by Crippen LogP contribution is 2.26. The van der Waals surface area contributed by atoms with E-state index in [9.17, 15) is 14.4 Å². The molecule has 0 aliphatic rings. The molecule has 0 heterocycles. The van der Waals surface area contributed by atoms with E-state index in [1.807, 2.05) is 0 Å². The zero-order valence-corrected chi connectivity index (χ0v) is 12.6. The van der Waals surface area contributed by atoms with Gasteiger partial charge < -0.3 is 26.2 Å². The fourth-order valence-corrected chi connectivity index (χ4v) is 1.79. The number of primary amides is 1. The summed E-state index contributed by atoms with van der Waals surface area (Å²) in [5.74, 6) is -1.67. The van der Waals surface area contributed by atoms with Crippen molar-refractivity contribution < 1.29 is 24.2 Å². The van der Waals surface area contributed by atoms with Crippen molar-refractivity contribution in [2.45, 2.75) is 12.5 Å². The number of ether oxygens (including phenoxy) is 1. The van der Waals surface area contributed by atoms with Gasteiger partial charge >= 0.3 is 12.0 Å². The van der Waals surface area contributed by atoms with Crippen LogP contribution in [0.15, 0.2) is 22.7 Å². The fourth-order valence-electron chi connectivity index (χ4n) is 1.45. The first-order chi connectivity index (χ1) is 9.83. The van der Waals surface area contributed by atoms with E-state index < -0.39 is 30.4 Å². The average molecular weight is 360 g/mol. The molecule has 1 atom stereocenters. The molecular weight excluding hydrogens is 346 g/mol. The lowest BCUT2D eigenvalue weighted by atomic mass is 10.2. The molecule has 1 aromatic rings. The minimum absolute atomic E-state index is 0.384. The lowest BCUT2D eigenvalue weighted by Crippen LogP contribution is -2.45. The quantitative estimate of drug-likeness (QED) is 0.599. The van der Waals surface area contributed by atoms with Crippen molar-refractivity contribution in [2.75, 3.05) is 12.4 Å². The molecule has 5 N–H and O–H groups in total. The number of carbonyl (C=O) groups excluding carboxylic acids is 2. The van der Waals surface area contributed by atoms with E-state index in [1.165, 1.54) is 7.11 Å². The van der Waals surface area contributed by atoms with E-state index in [0.29, 0.717) is 15.9 Å². The zero-order valence-electron chi connectivity index (χ0n) is 11.1. The molecule has 3 amide bonds. The number of amides is 3. The van der Waals surface area contributed by atoms with Gasteiger partial charge in [-0.15, -0.1) is 0 Å². The molecule has 1 rings (SSSR count). The van der Waals surface area contributed by atoms with E-state index >= 15 is 0 Å². The van der Waals surface area contributed by atoms with Crippen LogP contribution in [0.5, 0.6) is 5.75 Å². The summed E-state index contributed by atoms with van der Waals surface area (Å²) in [6.45, 7) is 0. The van der Waals surface area contributed by atoms with Gasteiger partial charge in [0.25, 0.3) is 0 Å². The van der Waals surface area contributed by atoms with Crippen molar-refractivity contribution in [1.29, 1.82) is 0 Å². The number of benzene rings is 1. The molecule has 0 spiro atoms. The SMILES string of the molecule is COc1ccc(Br)c(NC(=O)NC(CC(N)=O)C(=O)O)c1. The molecule has 1 unspecified atom stereocenters. The average Bonchev–Trinajstić information content (AvgIpc) is 2.39. The van der Waals surface area contributed by atoms with Gasteiger partial charge in [-0.1, -0.05) is 0 Å². The van der Waals surface area contributed by atoms with Crippen molar-refractivity contribution in [2.24, 2.45) is 5.73 Å². The largest absolute Gasteiger partial charge is 0.497 e. The van der Waals surface area contributed by atoms with Crippen LogP contribution in [0.1, 0.15) is 6.42 Å². The summed E-state index contributed by atoms with van der Waals surface area (Å²) in [6.07, 6.45) is -0.498. The zero-order chi connectivity index (χ0) is 16.0. The Morgan fingerprint density at radius 2 is 2.10 bits per heavy atom. The number of halogens is 1. The molecule has 0 bridgehead atoms. The van der Waals surface area contributed by atoms with Crippen molar-refractivity contribution >= 4 is 39.5 Å². The van der Waals surface area contributed by atoms with Gasteiger partial charge in [-0.3, -0.25) is 4.79 Å². The molecular formula is C12H14BrN3O5.